The molecule has 0 aliphatic rings. The van der Waals surface area contributed by atoms with Gasteiger partial charge < -0.3 is 10.1 Å². The van der Waals surface area contributed by atoms with Gasteiger partial charge in [-0.25, -0.2) is 14.8 Å². The van der Waals surface area contributed by atoms with Crippen LogP contribution in [-0.2, 0) is 14.3 Å². The summed E-state index contributed by atoms with van der Waals surface area (Å²) in [5.74, 6) is -2.55. The molecule has 2 aromatic rings. The van der Waals surface area contributed by atoms with Crippen molar-refractivity contribution in [1.29, 1.82) is 0 Å². The van der Waals surface area contributed by atoms with Crippen LogP contribution in [-0.4, -0.2) is 34.4 Å². The highest BCUT2D eigenvalue weighted by Gasteiger charge is 2.20. The van der Waals surface area contributed by atoms with Gasteiger partial charge in [-0.2, -0.15) is 0 Å². The van der Waals surface area contributed by atoms with E-state index in [1.807, 2.05) is 0 Å². The molecule has 0 unspecified atom stereocenters. The van der Waals surface area contributed by atoms with Crippen LogP contribution in [0.1, 0.15) is 17.4 Å². The molecule has 2 heterocycles. The number of hydrogen-bond acceptors (Lipinski definition) is 7. The Balaban J connectivity index is 2.14. The second-order valence-corrected chi connectivity index (χ2v) is 4.76. The molecule has 0 fully saturated rings. The van der Waals surface area contributed by atoms with Crippen molar-refractivity contribution < 1.29 is 19.1 Å². The number of esters is 1. The largest absolute Gasteiger partial charge is 0.459 e. The highest BCUT2D eigenvalue weighted by molar-refractivity contribution is 7.13. The Kier molecular flexibility index (Phi) is 5.15. The molecule has 0 radical (unpaired) electrons. The maximum Gasteiger partial charge on any atom is 0.397 e. The van der Waals surface area contributed by atoms with Crippen molar-refractivity contribution in [2.24, 2.45) is 0 Å². The number of ether oxygens (including phenoxy) is 1. The summed E-state index contributed by atoms with van der Waals surface area (Å²) in [4.78, 5) is 42.9. The summed E-state index contributed by atoms with van der Waals surface area (Å²) < 4.78 is 4.58. The number of carbonyl (C=O) groups excluding carboxylic acids is 3. The van der Waals surface area contributed by atoms with Gasteiger partial charge in [-0.15, -0.1) is 11.3 Å². The van der Waals surface area contributed by atoms with Crippen LogP contribution in [0, 0.1) is 0 Å². The predicted octanol–water partition coefficient (Wildman–Crippen LogP) is 1.29. The van der Waals surface area contributed by atoms with Gasteiger partial charge in [-0.3, -0.25) is 14.9 Å². The summed E-state index contributed by atoms with van der Waals surface area (Å²) in [5, 5.41) is 6.95. The van der Waals surface area contributed by atoms with E-state index in [0.717, 1.165) is 0 Å². The molecule has 0 atom stereocenters. The second-order valence-electron chi connectivity index (χ2n) is 3.87. The molecule has 22 heavy (non-hydrogen) atoms. The molecule has 8 nitrogen and oxygen atoms in total. The minimum Gasteiger partial charge on any atom is -0.459 e. The van der Waals surface area contributed by atoms with Crippen molar-refractivity contribution in [1.82, 2.24) is 9.97 Å². The lowest BCUT2D eigenvalue weighted by Crippen LogP contribution is -2.27. The zero-order valence-corrected chi connectivity index (χ0v) is 12.3. The third-order valence-electron chi connectivity index (χ3n) is 2.38. The van der Waals surface area contributed by atoms with E-state index in [9.17, 15) is 14.4 Å². The number of hydrogen-bond donors (Lipinski definition) is 2. The lowest BCUT2D eigenvalue weighted by atomic mass is 10.2. The summed E-state index contributed by atoms with van der Waals surface area (Å²) in [6, 6.07) is 2.99. The monoisotopic (exact) mass is 320 g/mol. The average molecular weight is 320 g/mol. The molecule has 0 aliphatic carbocycles. The van der Waals surface area contributed by atoms with Crippen molar-refractivity contribution >= 4 is 39.9 Å². The zero-order valence-electron chi connectivity index (χ0n) is 11.5. The van der Waals surface area contributed by atoms with Crippen LogP contribution >= 0.6 is 11.3 Å². The Bertz CT molecular complexity index is 687. The van der Waals surface area contributed by atoms with Gasteiger partial charge in [0, 0.05) is 17.8 Å². The lowest BCUT2D eigenvalue weighted by molar-refractivity contribution is -0.152. The third-order valence-corrected chi connectivity index (χ3v) is 3.07. The van der Waals surface area contributed by atoms with Crippen molar-refractivity contribution in [3.05, 3.63) is 35.6 Å². The summed E-state index contributed by atoms with van der Waals surface area (Å²) in [6.07, 6.45) is 2.94. The first-order valence-electron chi connectivity index (χ1n) is 6.25. The standard InChI is InChI=1S/C13H12N4O4S/c1-2-21-12(20)11(19)16-8-4-3-5-14-9(8)10(18)17-13-15-6-7-22-13/h3-7H,2H2,1H3,(H,16,19)(H,15,17,18). The van der Waals surface area contributed by atoms with E-state index < -0.39 is 17.8 Å². The van der Waals surface area contributed by atoms with Crippen LogP contribution in [0.5, 0.6) is 0 Å². The van der Waals surface area contributed by atoms with E-state index in [1.165, 1.54) is 29.7 Å². The molecular weight excluding hydrogens is 308 g/mol. The minimum atomic E-state index is -1.03. The number of nitrogens with zero attached hydrogens (tertiary/aromatic N) is 2. The summed E-state index contributed by atoms with van der Waals surface area (Å²) in [6.45, 7) is 1.67. The van der Waals surface area contributed by atoms with Gasteiger partial charge in [0.15, 0.2) is 10.8 Å². The number of thiazole rings is 1. The number of carbonyl (C=O) groups is 3. The molecule has 2 amide bonds. The van der Waals surface area contributed by atoms with E-state index in [2.05, 4.69) is 25.3 Å². The minimum absolute atomic E-state index is 0.0321. The topological polar surface area (TPSA) is 110 Å². The van der Waals surface area contributed by atoms with Crippen LogP contribution in [0.4, 0.5) is 10.8 Å². The molecule has 0 bridgehead atoms. The Morgan fingerprint density at radius 1 is 1.23 bits per heavy atom. The highest BCUT2D eigenvalue weighted by Crippen LogP contribution is 2.16. The number of pyridine rings is 1. The Hall–Kier alpha value is -2.81. The van der Waals surface area contributed by atoms with Crippen LogP contribution in [0.15, 0.2) is 29.9 Å². The fourth-order valence-electron chi connectivity index (χ4n) is 1.50. The molecule has 114 valence electrons. The average Bonchev–Trinajstić information content (AvgIpc) is 3.00. The van der Waals surface area contributed by atoms with E-state index in [-0.39, 0.29) is 18.0 Å². The Morgan fingerprint density at radius 3 is 2.73 bits per heavy atom. The van der Waals surface area contributed by atoms with Crippen molar-refractivity contribution in [3.8, 4) is 0 Å². The van der Waals surface area contributed by atoms with Gasteiger partial charge in [0.25, 0.3) is 5.91 Å². The second kappa shape index (κ2) is 7.27. The molecule has 0 saturated heterocycles. The van der Waals surface area contributed by atoms with E-state index in [0.29, 0.717) is 5.13 Å². The maximum atomic E-state index is 12.1. The van der Waals surface area contributed by atoms with E-state index in [1.54, 1.807) is 18.5 Å². The summed E-state index contributed by atoms with van der Waals surface area (Å²) in [5.41, 5.74) is 0.0740. The number of anilines is 2. The van der Waals surface area contributed by atoms with Gasteiger partial charge in [0.05, 0.1) is 12.3 Å². The third kappa shape index (κ3) is 3.85. The maximum absolute atomic E-state index is 12.1. The number of amides is 2. The fraction of sp³-hybridized carbons (Fsp3) is 0.154. The zero-order chi connectivity index (χ0) is 15.9. The first-order valence-corrected chi connectivity index (χ1v) is 7.13. The van der Waals surface area contributed by atoms with Gasteiger partial charge >= 0.3 is 11.9 Å². The van der Waals surface area contributed by atoms with Gasteiger partial charge in [0.1, 0.15) is 0 Å². The van der Waals surface area contributed by atoms with Crippen LogP contribution in [0.3, 0.4) is 0 Å². The van der Waals surface area contributed by atoms with Gasteiger partial charge in [0.2, 0.25) is 0 Å². The molecule has 0 aromatic carbocycles. The van der Waals surface area contributed by atoms with Crippen LogP contribution in [0.2, 0.25) is 0 Å². The number of aromatic nitrogens is 2. The van der Waals surface area contributed by atoms with Gasteiger partial charge in [-0.1, -0.05) is 0 Å². The van der Waals surface area contributed by atoms with E-state index in [4.69, 9.17) is 0 Å². The summed E-state index contributed by atoms with van der Waals surface area (Å²) in [7, 11) is 0. The normalized spacial score (nSPS) is 9.86. The molecule has 0 saturated carbocycles. The molecule has 0 aliphatic heterocycles. The molecule has 0 spiro atoms. The molecule has 2 N–H and O–H groups in total. The highest BCUT2D eigenvalue weighted by atomic mass is 32.1. The predicted molar refractivity (Wildman–Crippen MR) is 79.6 cm³/mol. The van der Waals surface area contributed by atoms with E-state index >= 15 is 0 Å². The number of nitrogens with one attached hydrogen (secondary N) is 2. The fourth-order valence-corrected chi connectivity index (χ4v) is 2.02. The SMILES string of the molecule is CCOC(=O)C(=O)Nc1cccnc1C(=O)Nc1nccs1. The smallest absolute Gasteiger partial charge is 0.397 e. The summed E-state index contributed by atoms with van der Waals surface area (Å²) >= 11 is 1.24. The number of rotatable bonds is 4. The van der Waals surface area contributed by atoms with Gasteiger partial charge in [-0.05, 0) is 19.1 Å². The quantitative estimate of drug-likeness (QED) is 0.649. The molecule has 2 aromatic heterocycles. The first kappa shape index (κ1) is 15.6. The van der Waals surface area contributed by atoms with Crippen molar-refractivity contribution in [2.75, 3.05) is 17.2 Å². The first-order chi connectivity index (χ1) is 10.6. The Morgan fingerprint density at radius 2 is 2.05 bits per heavy atom. The molecular formula is C13H12N4O4S. The lowest BCUT2D eigenvalue weighted by Gasteiger charge is -2.08. The van der Waals surface area contributed by atoms with Crippen LogP contribution in [0.25, 0.3) is 0 Å². The molecule has 2 rings (SSSR count). The van der Waals surface area contributed by atoms with Crippen LogP contribution < -0.4 is 10.6 Å². The Labute approximate surface area is 129 Å². The van der Waals surface area contributed by atoms with Crippen molar-refractivity contribution in [3.63, 3.8) is 0 Å². The molecule has 9 heteroatoms. The van der Waals surface area contributed by atoms with Crippen molar-refractivity contribution in [2.45, 2.75) is 6.92 Å².